The number of hydrogen-bond donors (Lipinski definition) is 1. The molecule has 8 heteroatoms. The number of nitrogens with one attached hydrogen (secondary N) is 1. The molecule has 1 amide bonds. The summed E-state index contributed by atoms with van der Waals surface area (Å²) in [6.07, 6.45) is 7.15. The van der Waals surface area contributed by atoms with E-state index in [2.05, 4.69) is 16.4 Å². The molecule has 0 saturated heterocycles. The summed E-state index contributed by atoms with van der Waals surface area (Å²) in [5.41, 5.74) is 2.21. The normalized spacial score (nSPS) is 15.5. The van der Waals surface area contributed by atoms with Gasteiger partial charge in [-0.25, -0.2) is 4.79 Å². The molecule has 1 aliphatic rings. The molecular formula is C20H19N3O4S. The van der Waals surface area contributed by atoms with E-state index in [0.717, 1.165) is 16.0 Å². The molecule has 7 nitrogen and oxygen atoms in total. The summed E-state index contributed by atoms with van der Waals surface area (Å²) in [4.78, 5) is 28.7. The number of nitrogens with zero attached hydrogens (tertiary/aromatic N) is 2. The van der Waals surface area contributed by atoms with Gasteiger partial charge in [-0.1, -0.05) is 6.07 Å². The maximum atomic E-state index is 12.2. The van der Waals surface area contributed by atoms with Gasteiger partial charge in [0.25, 0.3) is 0 Å². The van der Waals surface area contributed by atoms with E-state index in [4.69, 9.17) is 9.47 Å². The molecule has 2 heterocycles. The van der Waals surface area contributed by atoms with Crippen LogP contribution in [0.2, 0.25) is 0 Å². The molecule has 0 radical (unpaired) electrons. The van der Waals surface area contributed by atoms with Crippen LogP contribution in [0.5, 0.6) is 0 Å². The van der Waals surface area contributed by atoms with Gasteiger partial charge in [-0.05, 0) is 43.0 Å². The lowest BCUT2D eigenvalue weighted by Crippen LogP contribution is -2.25. The van der Waals surface area contributed by atoms with Crippen molar-refractivity contribution in [1.29, 1.82) is 5.26 Å². The highest BCUT2D eigenvalue weighted by Crippen LogP contribution is 2.38. The first-order valence-electron chi connectivity index (χ1n) is 8.87. The fraction of sp³-hybridized carbons (Fsp3) is 0.300. The molecule has 0 aromatic carbocycles. The quantitative estimate of drug-likeness (QED) is 0.610. The van der Waals surface area contributed by atoms with Crippen LogP contribution in [0.15, 0.2) is 30.6 Å². The third-order valence-electron chi connectivity index (χ3n) is 4.21. The first kappa shape index (κ1) is 19.6. The predicted molar refractivity (Wildman–Crippen MR) is 105 cm³/mol. The van der Waals surface area contributed by atoms with E-state index in [1.165, 1.54) is 17.4 Å². The van der Waals surface area contributed by atoms with E-state index in [0.29, 0.717) is 29.8 Å². The summed E-state index contributed by atoms with van der Waals surface area (Å²) in [6, 6.07) is 5.81. The van der Waals surface area contributed by atoms with Gasteiger partial charge >= 0.3 is 6.16 Å². The number of ether oxygens (including phenoxy) is 2. The fourth-order valence-corrected chi connectivity index (χ4v) is 4.22. The number of fused-ring (bicyclic) bond motifs is 1. The van der Waals surface area contributed by atoms with Gasteiger partial charge < -0.3 is 14.8 Å². The number of rotatable bonds is 5. The summed E-state index contributed by atoms with van der Waals surface area (Å²) in [7, 11) is 0. The number of aromatic nitrogens is 1. The zero-order valence-electron chi connectivity index (χ0n) is 15.3. The maximum absolute atomic E-state index is 12.2. The van der Waals surface area contributed by atoms with Crippen LogP contribution in [0.4, 0.5) is 9.80 Å². The minimum atomic E-state index is -0.679. The van der Waals surface area contributed by atoms with Gasteiger partial charge in [-0.2, -0.15) is 5.26 Å². The summed E-state index contributed by atoms with van der Waals surface area (Å²) in [5.74, 6) is -0.321. The van der Waals surface area contributed by atoms with E-state index in [1.807, 2.05) is 6.07 Å². The van der Waals surface area contributed by atoms with Gasteiger partial charge in [-0.3, -0.25) is 9.78 Å². The van der Waals surface area contributed by atoms with Crippen molar-refractivity contribution in [2.45, 2.75) is 32.3 Å². The van der Waals surface area contributed by atoms with Gasteiger partial charge in [0.2, 0.25) is 5.91 Å². The number of carbonyl (C=O) groups is 2. The Morgan fingerprint density at radius 1 is 1.50 bits per heavy atom. The number of carbonyl (C=O) groups excluding carboxylic acids is 2. The summed E-state index contributed by atoms with van der Waals surface area (Å²) < 4.78 is 10.1. The van der Waals surface area contributed by atoms with E-state index in [1.54, 1.807) is 31.5 Å². The molecule has 1 aliphatic carbocycles. The van der Waals surface area contributed by atoms with Crippen molar-refractivity contribution in [1.82, 2.24) is 4.98 Å². The van der Waals surface area contributed by atoms with E-state index < -0.39 is 6.16 Å². The molecule has 0 aliphatic heterocycles. The molecule has 0 spiro atoms. The van der Waals surface area contributed by atoms with E-state index in [9.17, 15) is 14.9 Å². The number of nitriles is 1. The molecular weight excluding hydrogens is 378 g/mol. The molecule has 144 valence electrons. The average Bonchev–Trinajstić information content (AvgIpc) is 3.03. The third-order valence-corrected chi connectivity index (χ3v) is 5.38. The monoisotopic (exact) mass is 397 g/mol. The predicted octanol–water partition coefficient (Wildman–Crippen LogP) is 3.70. The van der Waals surface area contributed by atoms with Gasteiger partial charge in [0, 0.05) is 29.8 Å². The van der Waals surface area contributed by atoms with Gasteiger partial charge in [0.1, 0.15) is 17.2 Å². The number of pyridine rings is 1. The molecule has 2 aromatic heterocycles. The topological polar surface area (TPSA) is 101 Å². The number of hydrogen-bond acceptors (Lipinski definition) is 7. The molecule has 1 N–H and O–H groups in total. The zero-order valence-corrected chi connectivity index (χ0v) is 16.1. The van der Waals surface area contributed by atoms with Crippen LogP contribution in [0.1, 0.15) is 34.9 Å². The Morgan fingerprint density at radius 2 is 2.36 bits per heavy atom. The highest BCUT2D eigenvalue weighted by Gasteiger charge is 2.28. The van der Waals surface area contributed by atoms with Gasteiger partial charge in [0.05, 0.1) is 12.2 Å². The van der Waals surface area contributed by atoms with Gasteiger partial charge in [-0.15, -0.1) is 11.3 Å². The summed E-state index contributed by atoms with van der Waals surface area (Å²) >= 11 is 1.35. The van der Waals surface area contributed by atoms with Crippen molar-refractivity contribution >= 4 is 34.5 Å². The molecule has 28 heavy (non-hydrogen) atoms. The first-order valence-corrected chi connectivity index (χ1v) is 9.69. The Labute approximate surface area is 166 Å². The average molecular weight is 397 g/mol. The Kier molecular flexibility index (Phi) is 6.40. The van der Waals surface area contributed by atoms with Crippen molar-refractivity contribution in [2.75, 3.05) is 11.9 Å². The Morgan fingerprint density at radius 3 is 3.07 bits per heavy atom. The standard InChI is InChI=1S/C20H19N3O4S/c1-2-26-20(25)27-14-6-7-15-16(11-21)19(28-17(15)10-14)23-18(24)8-5-13-4-3-9-22-12-13/h3-5,8-9,12,14H,2,6-7,10H2,1H3,(H,23,24)/b8-5+. The second kappa shape index (κ2) is 9.15. The first-order chi connectivity index (χ1) is 13.6. The van der Waals surface area contributed by atoms with Crippen molar-refractivity contribution in [2.24, 2.45) is 0 Å². The van der Waals surface area contributed by atoms with Crippen LogP contribution >= 0.6 is 11.3 Å². The van der Waals surface area contributed by atoms with Crippen molar-refractivity contribution in [3.63, 3.8) is 0 Å². The second-order valence-corrected chi connectivity index (χ2v) is 7.20. The Balaban J connectivity index is 1.69. The molecule has 2 aromatic rings. The molecule has 0 fully saturated rings. The lowest BCUT2D eigenvalue weighted by molar-refractivity contribution is -0.111. The smallest absolute Gasteiger partial charge is 0.435 e. The minimum Gasteiger partial charge on any atom is -0.435 e. The second-order valence-electron chi connectivity index (χ2n) is 6.09. The molecule has 1 atom stereocenters. The van der Waals surface area contributed by atoms with Crippen LogP contribution < -0.4 is 5.32 Å². The Hall–Kier alpha value is -3.18. The van der Waals surface area contributed by atoms with Crippen LogP contribution in [-0.4, -0.2) is 29.8 Å². The molecule has 1 unspecified atom stereocenters. The van der Waals surface area contributed by atoms with Crippen molar-refractivity contribution < 1.29 is 19.1 Å². The lowest BCUT2D eigenvalue weighted by atomic mass is 9.94. The third kappa shape index (κ3) is 4.75. The SMILES string of the molecule is CCOC(=O)OC1CCc2c(sc(NC(=O)/C=C/c3cccnc3)c2C#N)C1. The van der Waals surface area contributed by atoms with Crippen molar-refractivity contribution in [3.8, 4) is 6.07 Å². The van der Waals surface area contributed by atoms with E-state index in [-0.39, 0.29) is 18.6 Å². The highest BCUT2D eigenvalue weighted by molar-refractivity contribution is 7.16. The Bertz CT molecular complexity index is 931. The lowest BCUT2D eigenvalue weighted by Gasteiger charge is -2.21. The molecule has 3 rings (SSSR count). The van der Waals surface area contributed by atoms with Gasteiger partial charge in [0.15, 0.2) is 0 Å². The molecule has 0 bridgehead atoms. The largest absolute Gasteiger partial charge is 0.508 e. The fourth-order valence-electron chi connectivity index (χ4n) is 2.95. The molecule has 0 saturated carbocycles. The maximum Gasteiger partial charge on any atom is 0.508 e. The van der Waals surface area contributed by atoms with Crippen LogP contribution in [0.25, 0.3) is 6.08 Å². The van der Waals surface area contributed by atoms with Crippen LogP contribution in [-0.2, 0) is 27.1 Å². The van der Waals surface area contributed by atoms with E-state index >= 15 is 0 Å². The minimum absolute atomic E-state index is 0.261. The zero-order chi connectivity index (χ0) is 19.9. The summed E-state index contributed by atoms with van der Waals surface area (Å²) in [5, 5.41) is 12.8. The van der Waals surface area contributed by atoms with Crippen LogP contribution in [0, 0.1) is 11.3 Å². The number of thiophene rings is 1. The summed E-state index contributed by atoms with van der Waals surface area (Å²) in [6.45, 7) is 1.98. The number of amides is 1. The van der Waals surface area contributed by atoms with Crippen LogP contribution in [0.3, 0.4) is 0 Å². The highest BCUT2D eigenvalue weighted by atomic mass is 32.1. The number of anilines is 1. The van der Waals surface area contributed by atoms with Crippen molar-refractivity contribution in [3.05, 3.63) is 52.2 Å².